The number of hydrogen-bond acceptors (Lipinski definition) is 8. The maximum atomic E-state index is 13.2. The Bertz CT molecular complexity index is 1620. The first-order valence-corrected chi connectivity index (χ1v) is 14.4. The molecule has 2 N–H and O–H groups in total. The molecule has 2 aliphatic heterocycles. The molecule has 2 aromatic carbocycles. The first-order valence-electron chi connectivity index (χ1n) is 12.4. The van der Waals surface area contributed by atoms with Gasteiger partial charge in [0.2, 0.25) is 5.95 Å². The van der Waals surface area contributed by atoms with Gasteiger partial charge in [-0.05, 0) is 44.5 Å². The largest absolute Gasteiger partial charge is 0.494 e. The highest BCUT2D eigenvalue weighted by molar-refractivity contribution is 7.92. The molecule has 2 aliphatic rings. The van der Waals surface area contributed by atoms with Crippen LogP contribution >= 0.6 is 11.6 Å². The van der Waals surface area contributed by atoms with Gasteiger partial charge in [0.1, 0.15) is 11.3 Å². The number of halogens is 1. The van der Waals surface area contributed by atoms with E-state index in [-0.39, 0.29) is 10.7 Å². The number of aromatic nitrogens is 3. The SMILES string of the molecule is COc1cc(N2CCN(C)CC2)c2ccc3ccc(S(=O)(=O)C(C)C)c(c3)nc3[nH]c(nc1c2)NC=C3Cl. The molecule has 1 aromatic heterocycles. The Kier molecular flexibility index (Phi) is 7.21. The summed E-state index contributed by atoms with van der Waals surface area (Å²) in [6.07, 6.45) is 1.57. The molecule has 38 heavy (non-hydrogen) atoms. The van der Waals surface area contributed by atoms with E-state index in [0.29, 0.717) is 27.8 Å². The second kappa shape index (κ2) is 10.4. The van der Waals surface area contributed by atoms with Crippen LogP contribution in [0.15, 0.2) is 53.6 Å². The summed E-state index contributed by atoms with van der Waals surface area (Å²) in [6, 6.07) is 13.2. The topological polar surface area (TPSA) is 103 Å². The minimum absolute atomic E-state index is 0.149. The number of rotatable bonds is 4. The average Bonchev–Trinajstić information content (AvgIpc) is 2.90. The summed E-state index contributed by atoms with van der Waals surface area (Å²) in [4.78, 5) is 17.3. The van der Waals surface area contributed by atoms with Crippen molar-refractivity contribution in [2.45, 2.75) is 24.0 Å². The highest BCUT2D eigenvalue weighted by atomic mass is 35.5. The number of likely N-dealkylation sites (N-methyl/N-ethyl adjacent to an activating group) is 1. The first kappa shape index (κ1) is 26.3. The van der Waals surface area contributed by atoms with Gasteiger partial charge >= 0.3 is 0 Å². The predicted octanol–water partition coefficient (Wildman–Crippen LogP) is 4.70. The Balaban J connectivity index is 1.85. The Morgan fingerprint density at radius 2 is 1.74 bits per heavy atom. The Hall–Kier alpha value is -3.34. The van der Waals surface area contributed by atoms with Gasteiger partial charge in [0.15, 0.2) is 15.7 Å². The lowest BCUT2D eigenvalue weighted by Gasteiger charge is -2.34. The van der Waals surface area contributed by atoms with E-state index < -0.39 is 15.1 Å². The second-order valence-electron chi connectivity index (χ2n) is 9.71. The van der Waals surface area contributed by atoms with Gasteiger partial charge < -0.3 is 24.8 Å². The van der Waals surface area contributed by atoms with Crippen LogP contribution in [-0.2, 0) is 9.84 Å². The summed E-state index contributed by atoms with van der Waals surface area (Å²) < 4.78 is 32.0. The van der Waals surface area contributed by atoms with Gasteiger partial charge in [0.05, 0.1) is 27.8 Å². The van der Waals surface area contributed by atoms with Crippen molar-refractivity contribution >= 4 is 59.9 Å². The molecular weight excluding hydrogens is 524 g/mol. The normalized spacial score (nSPS) is 15.7. The molecular formula is C27H31ClN6O3S. The van der Waals surface area contributed by atoms with Crippen molar-refractivity contribution in [3.63, 3.8) is 0 Å². The number of piperazine rings is 1. The third kappa shape index (κ3) is 5.16. The van der Waals surface area contributed by atoms with Gasteiger partial charge in [-0.3, -0.25) is 0 Å². The summed E-state index contributed by atoms with van der Waals surface area (Å²) in [6.45, 7) is 7.03. The van der Waals surface area contributed by atoms with Crippen molar-refractivity contribution in [1.29, 1.82) is 0 Å². The number of methoxy groups -OCH3 is 1. The smallest absolute Gasteiger partial charge is 0.206 e. The quantitative estimate of drug-likeness (QED) is 0.478. The third-order valence-corrected chi connectivity index (χ3v) is 9.29. The Morgan fingerprint density at radius 1 is 1.00 bits per heavy atom. The molecule has 3 aromatic rings. The van der Waals surface area contributed by atoms with E-state index in [0.717, 1.165) is 42.6 Å². The average molecular weight is 555 g/mol. The highest BCUT2D eigenvalue weighted by Crippen LogP contribution is 2.32. The van der Waals surface area contributed by atoms with Crippen LogP contribution in [0.5, 0.6) is 5.75 Å². The van der Waals surface area contributed by atoms with Crippen LogP contribution in [0, 0.1) is 0 Å². The van der Waals surface area contributed by atoms with Crippen LogP contribution in [0.25, 0.3) is 26.8 Å². The van der Waals surface area contributed by atoms with Crippen LogP contribution in [0.2, 0.25) is 0 Å². The van der Waals surface area contributed by atoms with Crippen molar-refractivity contribution in [2.75, 3.05) is 50.6 Å². The molecule has 0 unspecified atom stereocenters. The molecule has 0 radical (unpaired) electrons. The molecule has 6 bridgehead atoms. The molecule has 0 spiro atoms. The van der Waals surface area contributed by atoms with Crippen molar-refractivity contribution in [2.24, 2.45) is 0 Å². The molecule has 9 nitrogen and oxygen atoms in total. The lowest BCUT2D eigenvalue weighted by atomic mass is 10.1. The monoisotopic (exact) mass is 554 g/mol. The summed E-state index contributed by atoms with van der Waals surface area (Å²) in [7, 11) is 0.160. The predicted molar refractivity (Wildman–Crippen MR) is 154 cm³/mol. The van der Waals surface area contributed by atoms with Gasteiger partial charge in [0.25, 0.3) is 0 Å². The molecule has 0 aliphatic carbocycles. The van der Waals surface area contributed by atoms with Crippen molar-refractivity contribution in [3.05, 3.63) is 54.5 Å². The maximum absolute atomic E-state index is 13.2. The van der Waals surface area contributed by atoms with E-state index in [4.69, 9.17) is 21.3 Å². The van der Waals surface area contributed by atoms with Crippen molar-refractivity contribution in [1.82, 2.24) is 19.9 Å². The molecule has 0 atom stereocenters. The van der Waals surface area contributed by atoms with Crippen LogP contribution in [-0.4, -0.2) is 73.9 Å². The number of H-pyrrole nitrogens is 1. The van der Waals surface area contributed by atoms with Crippen molar-refractivity contribution < 1.29 is 13.2 Å². The molecule has 1 saturated heterocycles. The fourth-order valence-corrected chi connectivity index (χ4v) is 5.78. The second-order valence-corrected chi connectivity index (χ2v) is 12.6. The standard InChI is InChI=1S/C27H31ClN6O3S/c1-17(2)38(35,36)25-8-6-18-5-7-19-14-21(24(37-4)15-23(19)34-11-9-33(3)10-12-34)31-27-29-16-20(28)26(32-27)30-22(25)13-18/h5-8,13-17H,9-12H2,1-4H3,(H2,29,30,31,32). The first-order chi connectivity index (χ1) is 18.2. The summed E-state index contributed by atoms with van der Waals surface area (Å²) >= 11 is 6.44. The zero-order chi connectivity index (χ0) is 27.0. The van der Waals surface area contributed by atoms with E-state index in [1.807, 2.05) is 24.3 Å². The molecule has 0 saturated carbocycles. The number of ether oxygens (including phenoxy) is 1. The van der Waals surface area contributed by atoms with Crippen molar-refractivity contribution in [3.8, 4) is 5.75 Å². The van der Waals surface area contributed by atoms with Gasteiger partial charge in [-0.15, -0.1) is 0 Å². The number of aromatic amines is 1. The highest BCUT2D eigenvalue weighted by Gasteiger charge is 2.22. The minimum atomic E-state index is -3.59. The van der Waals surface area contributed by atoms with E-state index >= 15 is 0 Å². The number of nitrogens with zero attached hydrogens (tertiary/aromatic N) is 4. The zero-order valence-electron chi connectivity index (χ0n) is 21.8. The third-order valence-electron chi connectivity index (χ3n) is 6.80. The lowest BCUT2D eigenvalue weighted by Crippen LogP contribution is -2.44. The van der Waals surface area contributed by atoms with Gasteiger partial charge in [0, 0.05) is 49.5 Å². The number of nitrogens with one attached hydrogen (secondary N) is 2. The zero-order valence-corrected chi connectivity index (χ0v) is 23.4. The molecule has 3 heterocycles. The molecule has 0 amide bonds. The number of hydrogen-bond donors (Lipinski definition) is 2. The lowest BCUT2D eigenvalue weighted by molar-refractivity contribution is 0.313. The number of sulfone groups is 1. The van der Waals surface area contributed by atoms with Crippen LogP contribution in [0.4, 0.5) is 11.6 Å². The maximum Gasteiger partial charge on any atom is 0.206 e. The minimum Gasteiger partial charge on any atom is -0.494 e. The van der Waals surface area contributed by atoms with Crippen LogP contribution in [0.3, 0.4) is 0 Å². The number of fused-ring (bicyclic) bond motifs is 6. The van der Waals surface area contributed by atoms with E-state index in [9.17, 15) is 8.42 Å². The molecule has 11 heteroatoms. The molecule has 1 fully saturated rings. The summed E-state index contributed by atoms with van der Waals surface area (Å²) in [5.74, 6) is 1.31. The summed E-state index contributed by atoms with van der Waals surface area (Å²) in [5, 5.41) is 4.51. The summed E-state index contributed by atoms with van der Waals surface area (Å²) in [5.41, 5.74) is 1.98. The molecule has 200 valence electrons. The van der Waals surface area contributed by atoms with Crippen LogP contribution in [0.1, 0.15) is 19.7 Å². The van der Waals surface area contributed by atoms with E-state index in [1.165, 1.54) is 0 Å². The fourth-order valence-electron chi connectivity index (χ4n) is 4.48. The van der Waals surface area contributed by atoms with Gasteiger partial charge in [-0.1, -0.05) is 29.8 Å². The van der Waals surface area contributed by atoms with E-state index in [1.54, 1.807) is 45.4 Å². The number of benzene rings is 2. The van der Waals surface area contributed by atoms with E-state index in [2.05, 4.69) is 32.1 Å². The fraction of sp³-hybridized carbons (Fsp3) is 0.333. The number of anilines is 2. The Labute approximate surface area is 227 Å². The molecule has 5 rings (SSSR count). The Morgan fingerprint density at radius 3 is 2.45 bits per heavy atom. The van der Waals surface area contributed by atoms with Gasteiger partial charge in [-0.2, -0.15) is 0 Å². The van der Waals surface area contributed by atoms with Crippen LogP contribution < -0.4 is 15.0 Å². The van der Waals surface area contributed by atoms with Gasteiger partial charge in [-0.25, -0.2) is 18.4 Å².